The molecule has 0 aliphatic heterocycles. The van der Waals surface area contributed by atoms with Crippen LogP contribution in [-0.2, 0) is 6.42 Å². The summed E-state index contributed by atoms with van der Waals surface area (Å²) in [6.07, 6.45) is 3.92. The van der Waals surface area contributed by atoms with E-state index in [1.807, 2.05) is 0 Å². The van der Waals surface area contributed by atoms with Crippen LogP contribution in [0.4, 0.5) is 4.39 Å². The van der Waals surface area contributed by atoms with Gasteiger partial charge in [0.1, 0.15) is 5.82 Å². The predicted molar refractivity (Wildman–Crippen MR) is 69.8 cm³/mol. The zero-order valence-corrected chi connectivity index (χ0v) is 11.7. The van der Waals surface area contributed by atoms with E-state index in [1.54, 1.807) is 12.1 Å². The Hall–Kier alpha value is 0.210. The van der Waals surface area contributed by atoms with Gasteiger partial charge in [-0.25, -0.2) is 4.39 Å². The number of aryl methyl sites for hydroxylation is 1. The fourth-order valence-electron chi connectivity index (χ4n) is 1.75. The van der Waals surface area contributed by atoms with Crippen molar-refractivity contribution in [2.75, 3.05) is 0 Å². The molecule has 1 aromatic rings. The highest BCUT2D eigenvalue weighted by atomic mass is 79.9. The van der Waals surface area contributed by atoms with Gasteiger partial charge < -0.3 is 0 Å². The molecule has 1 atom stereocenters. The predicted octanol–water partition coefficient (Wildman–Crippen LogP) is 5.19. The van der Waals surface area contributed by atoms with Gasteiger partial charge in [-0.1, -0.05) is 17.7 Å². The van der Waals surface area contributed by atoms with E-state index in [-0.39, 0.29) is 16.2 Å². The fraction of sp³-hybridized carbons (Fsp3) is 0.500. The molecule has 2 rings (SSSR count). The Balaban J connectivity index is 2.01. The Morgan fingerprint density at radius 2 is 2.12 bits per heavy atom. The monoisotopic (exact) mass is 324 g/mol. The molecule has 0 radical (unpaired) electrons. The first-order chi connectivity index (χ1) is 7.59. The molecule has 0 heterocycles. The standard InChI is InChI=1S/C12H12BrCl2F/c13-9-5-3-8(12(16)11(9)15)4-6-10(14)7-1-2-7/h3,5,7,10H,1-2,4,6H2. The van der Waals surface area contributed by atoms with E-state index in [2.05, 4.69) is 15.9 Å². The smallest absolute Gasteiger partial charge is 0.146 e. The topological polar surface area (TPSA) is 0 Å². The lowest BCUT2D eigenvalue weighted by molar-refractivity contribution is 0.594. The molecule has 4 heteroatoms. The van der Waals surface area contributed by atoms with Crippen LogP contribution in [0.2, 0.25) is 5.02 Å². The molecule has 1 fully saturated rings. The van der Waals surface area contributed by atoms with Gasteiger partial charge >= 0.3 is 0 Å². The minimum absolute atomic E-state index is 0.162. The molecule has 0 N–H and O–H groups in total. The quantitative estimate of drug-likeness (QED) is 0.527. The van der Waals surface area contributed by atoms with Crippen LogP contribution < -0.4 is 0 Å². The normalized spacial score (nSPS) is 17.5. The zero-order chi connectivity index (χ0) is 11.7. The fourth-order valence-corrected chi connectivity index (χ4v) is 2.60. The molecule has 0 amide bonds. The molecule has 0 nitrogen and oxygen atoms in total. The Kier molecular flexibility index (Phi) is 4.15. The summed E-state index contributed by atoms with van der Waals surface area (Å²) in [4.78, 5) is 0. The van der Waals surface area contributed by atoms with Crippen LogP contribution in [0.5, 0.6) is 0 Å². The van der Waals surface area contributed by atoms with Crippen LogP contribution in [0.25, 0.3) is 0 Å². The SMILES string of the molecule is Fc1c(CCC(Cl)C2CC2)ccc(Br)c1Cl. The lowest BCUT2D eigenvalue weighted by Crippen LogP contribution is -2.04. The second-order valence-corrected chi connectivity index (χ2v) is 6.02. The van der Waals surface area contributed by atoms with Crippen LogP contribution in [0.3, 0.4) is 0 Å². The summed E-state index contributed by atoms with van der Waals surface area (Å²) < 4.78 is 14.3. The largest absolute Gasteiger partial charge is 0.205 e. The highest BCUT2D eigenvalue weighted by Gasteiger charge is 2.29. The number of hydrogen-bond donors (Lipinski definition) is 0. The number of halogens is 4. The maximum absolute atomic E-state index is 13.7. The van der Waals surface area contributed by atoms with Gasteiger partial charge in [-0.15, -0.1) is 11.6 Å². The second kappa shape index (κ2) is 5.24. The van der Waals surface area contributed by atoms with Crippen LogP contribution in [0, 0.1) is 11.7 Å². The van der Waals surface area contributed by atoms with Gasteiger partial charge in [0.2, 0.25) is 0 Å². The summed E-state index contributed by atoms with van der Waals surface area (Å²) in [5.41, 5.74) is 0.652. The van der Waals surface area contributed by atoms with Crippen molar-refractivity contribution in [3.8, 4) is 0 Å². The summed E-state index contributed by atoms with van der Waals surface area (Å²) in [6.45, 7) is 0. The maximum atomic E-state index is 13.7. The van der Waals surface area contributed by atoms with Crippen molar-refractivity contribution in [1.29, 1.82) is 0 Å². The zero-order valence-electron chi connectivity index (χ0n) is 8.65. The van der Waals surface area contributed by atoms with Crippen molar-refractivity contribution in [2.24, 2.45) is 5.92 Å². The summed E-state index contributed by atoms with van der Waals surface area (Å²) in [5.74, 6) is 0.325. The van der Waals surface area contributed by atoms with Crippen molar-refractivity contribution in [1.82, 2.24) is 0 Å². The molecule has 1 unspecified atom stereocenters. The second-order valence-electron chi connectivity index (χ2n) is 4.23. The average Bonchev–Trinajstić information content (AvgIpc) is 3.08. The van der Waals surface area contributed by atoms with E-state index < -0.39 is 0 Å². The van der Waals surface area contributed by atoms with Crippen LogP contribution in [-0.4, -0.2) is 5.38 Å². The van der Waals surface area contributed by atoms with Gasteiger partial charge in [-0.3, -0.25) is 0 Å². The van der Waals surface area contributed by atoms with Crippen LogP contribution in [0.1, 0.15) is 24.8 Å². The van der Waals surface area contributed by atoms with Crippen LogP contribution in [0.15, 0.2) is 16.6 Å². The van der Waals surface area contributed by atoms with Crippen molar-refractivity contribution in [2.45, 2.75) is 31.1 Å². The third kappa shape index (κ3) is 2.91. The van der Waals surface area contributed by atoms with Gasteiger partial charge in [-0.2, -0.15) is 0 Å². The molecule has 1 aromatic carbocycles. The van der Waals surface area contributed by atoms with E-state index in [0.717, 1.165) is 6.42 Å². The van der Waals surface area contributed by atoms with E-state index in [9.17, 15) is 4.39 Å². The molecule has 1 aliphatic carbocycles. The minimum Gasteiger partial charge on any atom is -0.205 e. The summed E-state index contributed by atoms with van der Waals surface area (Å²) >= 11 is 15.2. The maximum Gasteiger partial charge on any atom is 0.146 e. The average molecular weight is 326 g/mol. The number of hydrogen-bond acceptors (Lipinski definition) is 0. The van der Waals surface area contributed by atoms with Crippen molar-refractivity contribution in [3.05, 3.63) is 33.0 Å². The number of alkyl halides is 1. The Morgan fingerprint density at radius 1 is 1.44 bits per heavy atom. The molecule has 0 bridgehead atoms. The Morgan fingerprint density at radius 3 is 2.75 bits per heavy atom. The Bertz CT molecular complexity index is 391. The molecule has 0 aromatic heterocycles. The highest BCUT2D eigenvalue weighted by molar-refractivity contribution is 9.10. The number of benzene rings is 1. The third-order valence-corrected chi connectivity index (χ3v) is 4.77. The van der Waals surface area contributed by atoms with E-state index in [0.29, 0.717) is 22.4 Å². The van der Waals surface area contributed by atoms with Crippen molar-refractivity contribution in [3.63, 3.8) is 0 Å². The third-order valence-electron chi connectivity index (χ3n) is 2.94. The minimum atomic E-state index is -0.323. The lowest BCUT2D eigenvalue weighted by Gasteiger charge is -2.09. The lowest BCUT2D eigenvalue weighted by atomic mass is 10.1. The Labute approximate surface area is 113 Å². The molecule has 0 spiro atoms. The highest BCUT2D eigenvalue weighted by Crippen LogP contribution is 2.38. The first kappa shape index (κ1) is 12.7. The van der Waals surface area contributed by atoms with Gasteiger partial charge in [0.05, 0.1) is 5.02 Å². The number of rotatable bonds is 4. The van der Waals surface area contributed by atoms with Gasteiger partial charge in [-0.05, 0) is 59.2 Å². The summed E-state index contributed by atoms with van der Waals surface area (Å²) in [7, 11) is 0. The van der Waals surface area contributed by atoms with Gasteiger partial charge in [0.25, 0.3) is 0 Å². The molecule has 0 saturated heterocycles. The van der Waals surface area contributed by atoms with Gasteiger partial charge in [0, 0.05) is 9.85 Å². The van der Waals surface area contributed by atoms with E-state index in [4.69, 9.17) is 23.2 Å². The van der Waals surface area contributed by atoms with E-state index in [1.165, 1.54) is 12.8 Å². The van der Waals surface area contributed by atoms with Gasteiger partial charge in [0.15, 0.2) is 0 Å². The molecular weight excluding hydrogens is 314 g/mol. The molecular formula is C12H12BrCl2F. The van der Waals surface area contributed by atoms with Crippen LogP contribution >= 0.6 is 39.1 Å². The first-order valence-corrected chi connectivity index (χ1v) is 6.96. The van der Waals surface area contributed by atoms with Crippen molar-refractivity contribution >= 4 is 39.1 Å². The van der Waals surface area contributed by atoms with E-state index >= 15 is 0 Å². The molecule has 16 heavy (non-hydrogen) atoms. The molecule has 1 saturated carbocycles. The summed E-state index contributed by atoms with van der Waals surface area (Å²) in [6, 6.07) is 3.54. The molecule has 88 valence electrons. The van der Waals surface area contributed by atoms with Crippen molar-refractivity contribution < 1.29 is 4.39 Å². The first-order valence-electron chi connectivity index (χ1n) is 5.36. The summed E-state index contributed by atoms with van der Waals surface area (Å²) in [5, 5.41) is 0.344. The molecule has 1 aliphatic rings.